The molecule has 6 heteroatoms. The molecule has 0 bridgehead atoms. The normalized spacial score (nSPS) is 13.2. The van der Waals surface area contributed by atoms with E-state index >= 15 is 0 Å². The standard InChI is InChI=1S/C15H25N3O2S/c1-6-11-21(19,20)16-12-15(18(4)5)13-7-9-14(10-8-13)17(2)3/h6-10,15-16H,1,11-12H2,2-5H3/p+1/t15-/m1/s1. The number of nitrogens with zero attached hydrogens (tertiary/aromatic N) is 1. The number of hydrogen-bond donors (Lipinski definition) is 2. The van der Waals surface area contributed by atoms with Gasteiger partial charge in [-0.25, -0.2) is 13.1 Å². The molecule has 0 spiro atoms. The lowest BCUT2D eigenvalue weighted by atomic mass is 10.1. The molecule has 1 aromatic carbocycles. The summed E-state index contributed by atoms with van der Waals surface area (Å²) in [6.07, 6.45) is 1.39. The van der Waals surface area contributed by atoms with E-state index in [0.29, 0.717) is 6.54 Å². The third-order valence-corrected chi connectivity index (χ3v) is 4.63. The van der Waals surface area contributed by atoms with E-state index in [1.165, 1.54) is 11.0 Å². The molecule has 5 nitrogen and oxygen atoms in total. The highest BCUT2D eigenvalue weighted by Gasteiger charge is 2.20. The number of rotatable bonds is 8. The maximum atomic E-state index is 11.7. The molecule has 0 aliphatic heterocycles. The van der Waals surface area contributed by atoms with Crippen molar-refractivity contribution >= 4 is 15.7 Å². The fraction of sp³-hybridized carbons (Fsp3) is 0.467. The average Bonchev–Trinajstić information content (AvgIpc) is 2.38. The molecule has 1 aromatic rings. The summed E-state index contributed by atoms with van der Waals surface area (Å²) in [5.74, 6) is -0.0535. The highest BCUT2D eigenvalue weighted by molar-refractivity contribution is 7.89. The van der Waals surface area contributed by atoms with E-state index in [-0.39, 0.29) is 11.8 Å². The molecule has 21 heavy (non-hydrogen) atoms. The van der Waals surface area contributed by atoms with Gasteiger partial charge < -0.3 is 9.80 Å². The van der Waals surface area contributed by atoms with Crippen LogP contribution in [0.1, 0.15) is 11.6 Å². The number of nitrogens with one attached hydrogen (secondary N) is 2. The lowest BCUT2D eigenvalue weighted by Crippen LogP contribution is -3.07. The summed E-state index contributed by atoms with van der Waals surface area (Å²) in [7, 11) is 4.75. The molecule has 1 atom stereocenters. The van der Waals surface area contributed by atoms with Crippen molar-refractivity contribution in [1.29, 1.82) is 0 Å². The fourth-order valence-corrected chi connectivity index (χ4v) is 2.93. The number of benzene rings is 1. The monoisotopic (exact) mass is 312 g/mol. The second-order valence-electron chi connectivity index (χ2n) is 5.53. The van der Waals surface area contributed by atoms with Gasteiger partial charge in [0.15, 0.2) is 0 Å². The van der Waals surface area contributed by atoms with Crippen LogP contribution in [0.4, 0.5) is 5.69 Å². The molecule has 0 fully saturated rings. The Balaban J connectivity index is 2.85. The van der Waals surface area contributed by atoms with Crippen molar-refractivity contribution in [3.05, 3.63) is 42.5 Å². The zero-order chi connectivity index (χ0) is 16.0. The van der Waals surface area contributed by atoms with Crippen molar-refractivity contribution in [2.45, 2.75) is 6.04 Å². The molecule has 1 rings (SSSR count). The number of quaternary nitrogens is 1. The molecule has 0 heterocycles. The van der Waals surface area contributed by atoms with E-state index in [2.05, 4.69) is 23.4 Å². The molecule has 0 aliphatic rings. The SMILES string of the molecule is C=CCS(=O)(=O)NC[C@H](c1ccc(N(C)C)cc1)[NH+](C)C. The predicted molar refractivity (Wildman–Crippen MR) is 88.3 cm³/mol. The maximum Gasteiger partial charge on any atom is 0.215 e. The molecule has 0 saturated heterocycles. The summed E-state index contributed by atoms with van der Waals surface area (Å²) in [5.41, 5.74) is 2.24. The van der Waals surface area contributed by atoms with Gasteiger partial charge in [-0.2, -0.15) is 0 Å². The summed E-state index contributed by atoms with van der Waals surface area (Å²) in [5, 5.41) is 0. The Bertz CT molecular complexity index is 551. The van der Waals surface area contributed by atoms with Crippen LogP contribution >= 0.6 is 0 Å². The van der Waals surface area contributed by atoms with Crippen LogP contribution in [0.2, 0.25) is 0 Å². The lowest BCUT2D eigenvalue weighted by Gasteiger charge is -2.23. The molecule has 0 saturated carbocycles. The maximum absolute atomic E-state index is 11.7. The van der Waals surface area contributed by atoms with Crippen molar-refractivity contribution in [1.82, 2.24) is 4.72 Å². The summed E-state index contributed by atoms with van der Waals surface area (Å²) in [6, 6.07) is 8.26. The van der Waals surface area contributed by atoms with E-state index < -0.39 is 10.0 Å². The Labute approximate surface area is 128 Å². The smallest absolute Gasteiger partial charge is 0.215 e. The van der Waals surface area contributed by atoms with Crippen molar-refractivity contribution in [3.63, 3.8) is 0 Å². The first-order chi connectivity index (χ1) is 9.76. The van der Waals surface area contributed by atoms with E-state index in [0.717, 1.165) is 11.3 Å². The van der Waals surface area contributed by atoms with Crippen LogP contribution in [0.3, 0.4) is 0 Å². The van der Waals surface area contributed by atoms with Crippen molar-refractivity contribution < 1.29 is 13.3 Å². The van der Waals surface area contributed by atoms with Gasteiger partial charge in [0.05, 0.1) is 26.4 Å². The molecule has 118 valence electrons. The first kappa shape index (κ1) is 17.7. The van der Waals surface area contributed by atoms with Gasteiger partial charge in [-0.05, 0) is 12.1 Å². The molecule has 0 aromatic heterocycles. The minimum Gasteiger partial charge on any atom is -0.378 e. The minimum atomic E-state index is -3.28. The van der Waals surface area contributed by atoms with Gasteiger partial charge in [0.25, 0.3) is 0 Å². The van der Waals surface area contributed by atoms with E-state index in [1.54, 1.807) is 0 Å². The Morgan fingerprint density at radius 2 is 1.86 bits per heavy atom. The fourth-order valence-electron chi connectivity index (χ4n) is 2.08. The number of likely N-dealkylation sites (N-methyl/N-ethyl adjacent to an activating group) is 1. The second-order valence-corrected chi connectivity index (χ2v) is 7.39. The summed E-state index contributed by atoms with van der Waals surface area (Å²) < 4.78 is 26.1. The first-order valence-corrected chi connectivity index (χ1v) is 8.57. The van der Waals surface area contributed by atoms with Crippen LogP contribution in [0, 0.1) is 0 Å². The van der Waals surface area contributed by atoms with Crippen molar-refractivity contribution in [3.8, 4) is 0 Å². The lowest BCUT2D eigenvalue weighted by molar-refractivity contribution is -0.890. The Hall–Kier alpha value is -1.37. The predicted octanol–water partition coefficient (Wildman–Crippen LogP) is 0.0436. The summed E-state index contributed by atoms with van der Waals surface area (Å²) >= 11 is 0. The highest BCUT2D eigenvalue weighted by atomic mass is 32.2. The molecule has 0 amide bonds. The van der Waals surface area contributed by atoms with Crippen molar-refractivity contribution in [2.75, 3.05) is 45.4 Å². The topological polar surface area (TPSA) is 53.9 Å². The van der Waals surface area contributed by atoms with Gasteiger partial charge in [0.2, 0.25) is 10.0 Å². The van der Waals surface area contributed by atoms with Gasteiger partial charge in [-0.3, -0.25) is 0 Å². The summed E-state index contributed by atoms with van der Waals surface area (Å²) in [6.45, 7) is 3.84. The van der Waals surface area contributed by atoms with Crippen molar-refractivity contribution in [2.24, 2.45) is 0 Å². The van der Waals surface area contributed by atoms with Gasteiger partial charge in [-0.1, -0.05) is 18.2 Å². The van der Waals surface area contributed by atoms with Crippen LogP contribution in [0.25, 0.3) is 0 Å². The van der Waals surface area contributed by atoms with Crippen LogP contribution < -0.4 is 14.5 Å². The largest absolute Gasteiger partial charge is 0.378 e. The zero-order valence-electron chi connectivity index (χ0n) is 13.3. The van der Waals surface area contributed by atoms with Crippen LogP contribution in [-0.2, 0) is 10.0 Å². The van der Waals surface area contributed by atoms with E-state index in [1.807, 2.05) is 45.2 Å². The van der Waals surface area contributed by atoms with E-state index in [9.17, 15) is 8.42 Å². The van der Waals surface area contributed by atoms with Gasteiger partial charge in [0, 0.05) is 25.3 Å². The zero-order valence-corrected chi connectivity index (χ0v) is 14.1. The number of hydrogen-bond acceptors (Lipinski definition) is 3. The molecule has 0 radical (unpaired) electrons. The number of sulfonamides is 1. The average molecular weight is 312 g/mol. The van der Waals surface area contributed by atoms with Gasteiger partial charge in [0.1, 0.15) is 6.04 Å². The van der Waals surface area contributed by atoms with Crippen LogP contribution in [-0.4, -0.2) is 48.9 Å². The molecule has 0 unspecified atom stereocenters. The van der Waals surface area contributed by atoms with Gasteiger partial charge in [-0.15, -0.1) is 6.58 Å². The Morgan fingerprint density at radius 3 is 2.29 bits per heavy atom. The molecule has 2 N–H and O–H groups in total. The quantitative estimate of drug-likeness (QED) is 0.667. The van der Waals surface area contributed by atoms with Crippen LogP contribution in [0.5, 0.6) is 0 Å². The highest BCUT2D eigenvalue weighted by Crippen LogP contribution is 2.16. The molecular weight excluding hydrogens is 286 g/mol. The minimum absolute atomic E-state index is 0.0535. The Morgan fingerprint density at radius 1 is 1.29 bits per heavy atom. The van der Waals surface area contributed by atoms with Crippen LogP contribution in [0.15, 0.2) is 36.9 Å². The van der Waals surface area contributed by atoms with Gasteiger partial charge >= 0.3 is 0 Å². The number of anilines is 1. The molecular formula is C15H26N3O2S+. The third-order valence-electron chi connectivity index (χ3n) is 3.35. The second kappa shape index (κ2) is 7.59. The van der Waals surface area contributed by atoms with E-state index in [4.69, 9.17) is 0 Å². The first-order valence-electron chi connectivity index (χ1n) is 6.92. The summed E-state index contributed by atoms with van der Waals surface area (Å²) in [4.78, 5) is 3.21. The third kappa shape index (κ3) is 5.49. The Kier molecular flexibility index (Phi) is 6.39. The molecule has 0 aliphatic carbocycles.